The van der Waals surface area contributed by atoms with Gasteiger partial charge in [-0.3, -0.25) is 19.2 Å². The van der Waals surface area contributed by atoms with E-state index in [1.165, 1.54) is 13.8 Å². The lowest BCUT2D eigenvalue weighted by Gasteiger charge is -2.18. The second-order valence-corrected chi connectivity index (χ2v) is 3.59. The highest BCUT2D eigenvalue weighted by molar-refractivity contribution is 6.35. The molecular weight excluding hydrogens is 264 g/mol. The fourth-order valence-electron chi connectivity index (χ4n) is 0.714. The summed E-state index contributed by atoms with van der Waals surface area (Å²) in [7, 11) is 0. The Morgan fingerprint density at radius 2 is 1.05 bits per heavy atom. The normalized spacial score (nSPS) is 9.84. The van der Waals surface area contributed by atoms with Crippen molar-refractivity contribution in [3.05, 3.63) is 0 Å². The molecule has 9 nitrogen and oxygen atoms in total. The Balaban J connectivity index is 0. The highest BCUT2D eigenvalue weighted by Crippen LogP contribution is 2.15. The molecule has 0 aliphatic carbocycles. The molecule has 4 N–H and O–H groups in total. The van der Waals surface area contributed by atoms with Crippen LogP contribution in [0.5, 0.6) is 0 Å². The van der Waals surface area contributed by atoms with E-state index < -0.39 is 36.4 Å². The number of hydrogen-bond donors (Lipinski definition) is 4. The first-order valence-corrected chi connectivity index (χ1v) is 4.83. The van der Waals surface area contributed by atoms with E-state index in [0.717, 1.165) is 0 Å². The van der Waals surface area contributed by atoms with Crippen LogP contribution in [0.4, 0.5) is 0 Å². The lowest BCUT2D eigenvalue weighted by molar-refractivity contribution is -0.170. The third kappa shape index (κ3) is 9.41. The van der Waals surface area contributed by atoms with E-state index in [4.69, 9.17) is 20.4 Å². The molecule has 0 aromatic carbocycles. The van der Waals surface area contributed by atoms with Crippen LogP contribution in [0, 0.1) is 0 Å². The Kier molecular flexibility index (Phi) is 7.95. The highest BCUT2D eigenvalue weighted by Gasteiger charge is 2.40. The molecule has 0 bridgehead atoms. The summed E-state index contributed by atoms with van der Waals surface area (Å²) in [6.07, 6.45) is -2.29. The van der Waals surface area contributed by atoms with Gasteiger partial charge in [0.2, 0.25) is 0 Å². The zero-order valence-corrected chi connectivity index (χ0v) is 10.2. The fraction of sp³-hybridized carbons (Fsp3) is 0.500. The lowest BCUT2D eigenvalue weighted by Crippen LogP contribution is -2.42. The van der Waals surface area contributed by atoms with Gasteiger partial charge in [-0.25, -0.2) is 4.79 Å². The van der Waals surface area contributed by atoms with Gasteiger partial charge in [0.1, 0.15) is 0 Å². The largest absolute Gasteiger partial charge is 0.481 e. The molecule has 0 spiro atoms. The van der Waals surface area contributed by atoms with Crippen molar-refractivity contribution in [3.63, 3.8) is 0 Å². The molecule has 0 aromatic heterocycles. The smallest absolute Gasteiger partial charge is 0.336 e. The molecule has 19 heavy (non-hydrogen) atoms. The minimum atomic E-state index is -2.74. The number of rotatable bonds is 6. The second kappa shape index (κ2) is 7.93. The van der Waals surface area contributed by atoms with Gasteiger partial charge < -0.3 is 20.4 Å². The number of aliphatic hydroxyl groups is 1. The maximum Gasteiger partial charge on any atom is 0.336 e. The van der Waals surface area contributed by atoms with Gasteiger partial charge in [0, 0.05) is 13.8 Å². The zero-order chi connectivity index (χ0) is 15.8. The standard InChI is InChI=1S/C6H8O7.C4H6O2/c7-3(8)1-6(13,5(11)12)2-4(9)10;1-3(5)4(2)6/h13H,1-2H2,(H,7,8)(H,9,10)(H,11,12);1-2H3. The Hall–Kier alpha value is -2.29. The van der Waals surface area contributed by atoms with Crippen LogP contribution in [-0.4, -0.2) is 55.5 Å². The van der Waals surface area contributed by atoms with Crippen LogP contribution in [0.15, 0.2) is 0 Å². The predicted molar refractivity (Wildman–Crippen MR) is 58.5 cm³/mol. The molecule has 0 saturated heterocycles. The first-order chi connectivity index (χ1) is 8.42. The van der Waals surface area contributed by atoms with Crippen LogP contribution in [-0.2, 0) is 24.0 Å². The van der Waals surface area contributed by atoms with Crippen molar-refractivity contribution in [1.29, 1.82) is 0 Å². The van der Waals surface area contributed by atoms with Crippen LogP contribution < -0.4 is 0 Å². The van der Waals surface area contributed by atoms with Crippen LogP contribution in [0.25, 0.3) is 0 Å². The summed E-state index contributed by atoms with van der Waals surface area (Å²) in [5.41, 5.74) is -2.74. The van der Waals surface area contributed by atoms with Gasteiger partial charge in [0.05, 0.1) is 12.8 Å². The van der Waals surface area contributed by atoms with Gasteiger partial charge in [-0.1, -0.05) is 0 Å². The summed E-state index contributed by atoms with van der Waals surface area (Å²) in [6, 6.07) is 0. The summed E-state index contributed by atoms with van der Waals surface area (Å²) < 4.78 is 0. The number of Topliss-reactive ketones (excluding diaryl/α,β-unsaturated/α-hetero) is 2. The molecule has 0 heterocycles. The third-order valence-corrected chi connectivity index (χ3v) is 1.78. The van der Waals surface area contributed by atoms with Gasteiger partial charge in [-0.2, -0.15) is 0 Å². The first-order valence-electron chi connectivity index (χ1n) is 4.83. The van der Waals surface area contributed by atoms with Crippen molar-refractivity contribution in [2.75, 3.05) is 0 Å². The van der Waals surface area contributed by atoms with Crippen molar-refractivity contribution in [2.45, 2.75) is 32.3 Å². The van der Waals surface area contributed by atoms with E-state index in [-0.39, 0.29) is 11.6 Å². The van der Waals surface area contributed by atoms with Crippen molar-refractivity contribution in [3.8, 4) is 0 Å². The summed E-state index contributed by atoms with van der Waals surface area (Å²) in [4.78, 5) is 50.1. The Labute approximate surface area is 107 Å². The SMILES string of the molecule is CC(=O)C(C)=O.O=C(O)CC(O)(CC(=O)O)C(=O)O. The molecule has 0 aliphatic heterocycles. The van der Waals surface area contributed by atoms with Gasteiger partial charge >= 0.3 is 17.9 Å². The summed E-state index contributed by atoms with van der Waals surface area (Å²) in [5.74, 6) is -5.78. The van der Waals surface area contributed by atoms with Crippen LogP contribution in [0.1, 0.15) is 26.7 Å². The van der Waals surface area contributed by atoms with Gasteiger partial charge in [-0.15, -0.1) is 0 Å². The second-order valence-electron chi connectivity index (χ2n) is 3.59. The molecule has 0 rings (SSSR count). The number of hydrogen-bond acceptors (Lipinski definition) is 6. The summed E-state index contributed by atoms with van der Waals surface area (Å²) >= 11 is 0. The number of ketones is 2. The molecule has 0 atom stereocenters. The van der Waals surface area contributed by atoms with Crippen LogP contribution >= 0.6 is 0 Å². The van der Waals surface area contributed by atoms with Crippen molar-refractivity contribution < 1.29 is 44.4 Å². The number of carbonyl (C=O) groups is 5. The van der Waals surface area contributed by atoms with Crippen LogP contribution in [0.3, 0.4) is 0 Å². The van der Waals surface area contributed by atoms with E-state index in [9.17, 15) is 24.0 Å². The number of carboxylic acids is 3. The molecule has 108 valence electrons. The Morgan fingerprint density at radius 3 is 1.16 bits per heavy atom. The van der Waals surface area contributed by atoms with E-state index in [1.807, 2.05) is 0 Å². The van der Waals surface area contributed by atoms with E-state index in [2.05, 4.69) is 0 Å². The average Bonchev–Trinajstić information content (AvgIpc) is 2.14. The number of aliphatic carboxylic acids is 3. The van der Waals surface area contributed by atoms with E-state index in [1.54, 1.807) is 0 Å². The monoisotopic (exact) mass is 278 g/mol. The molecular formula is C10H14O9. The fourth-order valence-corrected chi connectivity index (χ4v) is 0.714. The third-order valence-electron chi connectivity index (χ3n) is 1.78. The van der Waals surface area contributed by atoms with Gasteiger partial charge in [0.15, 0.2) is 17.2 Å². The van der Waals surface area contributed by atoms with Crippen molar-refractivity contribution in [1.82, 2.24) is 0 Å². The van der Waals surface area contributed by atoms with Crippen molar-refractivity contribution >= 4 is 29.5 Å². The Bertz CT molecular complexity index is 368. The molecule has 9 heteroatoms. The van der Waals surface area contributed by atoms with Gasteiger partial charge in [-0.05, 0) is 0 Å². The zero-order valence-electron chi connectivity index (χ0n) is 10.2. The molecule has 0 aromatic rings. The summed E-state index contributed by atoms with van der Waals surface area (Å²) in [5, 5.41) is 33.8. The summed E-state index contributed by atoms with van der Waals surface area (Å²) in [6.45, 7) is 2.50. The molecule has 0 radical (unpaired) electrons. The maximum atomic E-state index is 10.3. The first kappa shape index (κ1) is 19.1. The minimum absolute atomic E-state index is 0.380. The topological polar surface area (TPSA) is 166 Å². The predicted octanol–water partition coefficient (Wildman–Crippen LogP) is -1.08. The number of carbonyl (C=O) groups excluding carboxylic acids is 2. The maximum absolute atomic E-state index is 10.3. The number of carboxylic acid groups (broad SMARTS) is 3. The minimum Gasteiger partial charge on any atom is -0.481 e. The van der Waals surface area contributed by atoms with Gasteiger partial charge in [0.25, 0.3) is 0 Å². The van der Waals surface area contributed by atoms with E-state index >= 15 is 0 Å². The molecule has 0 fully saturated rings. The quantitative estimate of drug-likeness (QED) is 0.441. The molecule has 0 aliphatic rings. The molecule has 0 amide bonds. The highest BCUT2D eigenvalue weighted by atomic mass is 16.4. The Morgan fingerprint density at radius 1 is 0.789 bits per heavy atom. The molecule has 0 unspecified atom stereocenters. The molecule has 0 saturated carbocycles. The average molecular weight is 278 g/mol. The van der Waals surface area contributed by atoms with Crippen molar-refractivity contribution in [2.24, 2.45) is 0 Å². The lowest BCUT2D eigenvalue weighted by atomic mass is 9.96. The van der Waals surface area contributed by atoms with E-state index in [0.29, 0.717) is 0 Å². The van der Waals surface area contributed by atoms with Crippen LogP contribution in [0.2, 0.25) is 0 Å².